The standard InChI is InChI=1S/C18H31NO/c1-2-3-4-5-6-7-8-12-15-19-18(16-20)17-13-10-9-11-14-17/h9-11,13-14,18-20H,2-8,12,15-16H2,1H3/t18-/m1/s1. The highest BCUT2D eigenvalue weighted by atomic mass is 16.3. The minimum absolute atomic E-state index is 0.0840. The largest absolute Gasteiger partial charge is 0.394 e. The van der Waals surface area contributed by atoms with Gasteiger partial charge in [-0.3, -0.25) is 0 Å². The van der Waals surface area contributed by atoms with Crippen LogP contribution in [0, 0.1) is 0 Å². The number of aliphatic hydroxyl groups excluding tert-OH is 1. The van der Waals surface area contributed by atoms with Gasteiger partial charge in [0.25, 0.3) is 0 Å². The van der Waals surface area contributed by atoms with Crippen LogP contribution >= 0.6 is 0 Å². The Morgan fingerprint density at radius 3 is 2.10 bits per heavy atom. The Morgan fingerprint density at radius 2 is 1.50 bits per heavy atom. The maximum absolute atomic E-state index is 9.44. The molecule has 0 aliphatic carbocycles. The first kappa shape index (κ1) is 17.2. The first-order valence-corrected chi connectivity index (χ1v) is 8.27. The lowest BCUT2D eigenvalue weighted by atomic mass is 10.1. The third-order valence-electron chi connectivity index (χ3n) is 3.81. The Hall–Kier alpha value is -0.860. The van der Waals surface area contributed by atoms with Gasteiger partial charge in [0.05, 0.1) is 12.6 Å². The van der Waals surface area contributed by atoms with E-state index in [9.17, 15) is 5.11 Å². The molecule has 0 aromatic heterocycles. The van der Waals surface area contributed by atoms with Crippen LogP contribution in [0.25, 0.3) is 0 Å². The molecule has 2 N–H and O–H groups in total. The van der Waals surface area contributed by atoms with E-state index in [4.69, 9.17) is 0 Å². The lowest BCUT2D eigenvalue weighted by Gasteiger charge is -2.16. The van der Waals surface area contributed by atoms with Crippen LogP contribution in [-0.4, -0.2) is 18.3 Å². The molecule has 1 atom stereocenters. The number of nitrogens with one attached hydrogen (secondary N) is 1. The van der Waals surface area contributed by atoms with Crippen molar-refractivity contribution >= 4 is 0 Å². The van der Waals surface area contributed by atoms with Gasteiger partial charge < -0.3 is 10.4 Å². The zero-order chi connectivity index (χ0) is 14.5. The van der Waals surface area contributed by atoms with E-state index in [1.165, 1.54) is 56.9 Å². The average Bonchev–Trinajstić information content (AvgIpc) is 2.50. The normalized spacial score (nSPS) is 12.5. The van der Waals surface area contributed by atoms with Crippen LogP contribution in [-0.2, 0) is 0 Å². The van der Waals surface area contributed by atoms with Gasteiger partial charge >= 0.3 is 0 Å². The maximum atomic E-state index is 9.44. The van der Waals surface area contributed by atoms with Gasteiger partial charge in [-0.2, -0.15) is 0 Å². The summed E-state index contributed by atoms with van der Waals surface area (Å²) < 4.78 is 0. The van der Waals surface area contributed by atoms with Gasteiger partial charge in [0, 0.05) is 0 Å². The number of hydrogen-bond acceptors (Lipinski definition) is 2. The van der Waals surface area contributed by atoms with Crippen molar-refractivity contribution < 1.29 is 5.11 Å². The van der Waals surface area contributed by atoms with E-state index in [0.29, 0.717) is 0 Å². The van der Waals surface area contributed by atoms with Crippen LogP contribution < -0.4 is 5.32 Å². The second kappa shape index (κ2) is 11.9. The summed E-state index contributed by atoms with van der Waals surface area (Å²) in [7, 11) is 0. The van der Waals surface area contributed by atoms with Crippen molar-refractivity contribution in [3.05, 3.63) is 35.9 Å². The molecule has 0 unspecified atom stereocenters. The molecule has 0 radical (unpaired) electrons. The Labute approximate surface area is 124 Å². The molecule has 2 heteroatoms. The average molecular weight is 277 g/mol. The summed E-state index contributed by atoms with van der Waals surface area (Å²) in [5.74, 6) is 0. The Balaban J connectivity index is 2.02. The predicted molar refractivity (Wildman–Crippen MR) is 86.9 cm³/mol. The maximum Gasteiger partial charge on any atom is 0.0626 e. The molecule has 2 nitrogen and oxygen atoms in total. The molecule has 114 valence electrons. The van der Waals surface area contributed by atoms with Gasteiger partial charge in [-0.1, -0.05) is 82.2 Å². The van der Waals surface area contributed by atoms with Crippen LogP contribution in [0.5, 0.6) is 0 Å². The summed E-state index contributed by atoms with van der Waals surface area (Å²) in [6, 6.07) is 10.3. The number of aliphatic hydroxyl groups is 1. The second-order valence-electron chi connectivity index (χ2n) is 5.57. The highest BCUT2D eigenvalue weighted by Crippen LogP contribution is 2.12. The number of unbranched alkanes of at least 4 members (excludes halogenated alkanes) is 7. The third-order valence-corrected chi connectivity index (χ3v) is 3.81. The summed E-state index contributed by atoms with van der Waals surface area (Å²) >= 11 is 0. The molecular weight excluding hydrogens is 246 g/mol. The van der Waals surface area contributed by atoms with Crippen LogP contribution in [0.4, 0.5) is 0 Å². The molecular formula is C18H31NO. The molecule has 0 fully saturated rings. The minimum Gasteiger partial charge on any atom is -0.394 e. The summed E-state index contributed by atoms with van der Waals surface area (Å²) in [6.07, 6.45) is 10.7. The van der Waals surface area contributed by atoms with E-state index in [1.807, 2.05) is 18.2 Å². The van der Waals surface area contributed by atoms with Gasteiger partial charge in [0.2, 0.25) is 0 Å². The van der Waals surface area contributed by atoms with Crippen molar-refractivity contribution in [2.45, 2.75) is 64.3 Å². The zero-order valence-electron chi connectivity index (χ0n) is 13.0. The van der Waals surface area contributed by atoms with E-state index in [0.717, 1.165) is 6.54 Å². The molecule has 1 aromatic rings. The van der Waals surface area contributed by atoms with Crippen LogP contribution in [0.2, 0.25) is 0 Å². The second-order valence-corrected chi connectivity index (χ2v) is 5.57. The van der Waals surface area contributed by atoms with E-state index < -0.39 is 0 Å². The fourth-order valence-corrected chi connectivity index (χ4v) is 2.51. The summed E-state index contributed by atoms with van der Waals surface area (Å²) in [4.78, 5) is 0. The summed E-state index contributed by atoms with van der Waals surface area (Å²) in [5, 5.41) is 12.9. The highest BCUT2D eigenvalue weighted by molar-refractivity contribution is 5.18. The molecule has 20 heavy (non-hydrogen) atoms. The zero-order valence-corrected chi connectivity index (χ0v) is 13.0. The Kier molecular flexibility index (Phi) is 10.3. The molecule has 0 amide bonds. The van der Waals surface area contributed by atoms with Gasteiger partial charge in [-0.25, -0.2) is 0 Å². The van der Waals surface area contributed by atoms with Crippen LogP contribution in [0.1, 0.15) is 69.9 Å². The first-order chi connectivity index (χ1) is 9.88. The summed E-state index contributed by atoms with van der Waals surface area (Å²) in [5.41, 5.74) is 1.18. The van der Waals surface area contributed by atoms with Gasteiger partial charge in [-0.05, 0) is 18.5 Å². The van der Waals surface area contributed by atoms with Crippen molar-refractivity contribution in [3.63, 3.8) is 0 Å². The van der Waals surface area contributed by atoms with Crippen molar-refractivity contribution in [1.82, 2.24) is 5.32 Å². The number of benzene rings is 1. The monoisotopic (exact) mass is 277 g/mol. The predicted octanol–water partition coefficient (Wildman–Crippen LogP) is 4.45. The Morgan fingerprint density at radius 1 is 0.900 bits per heavy atom. The molecule has 0 heterocycles. The fraction of sp³-hybridized carbons (Fsp3) is 0.667. The smallest absolute Gasteiger partial charge is 0.0626 e. The van der Waals surface area contributed by atoms with E-state index >= 15 is 0 Å². The van der Waals surface area contributed by atoms with Crippen molar-refractivity contribution in [2.75, 3.05) is 13.2 Å². The van der Waals surface area contributed by atoms with E-state index in [1.54, 1.807) is 0 Å². The van der Waals surface area contributed by atoms with Crippen molar-refractivity contribution in [2.24, 2.45) is 0 Å². The van der Waals surface area contributed by atoms with Gasteiger partial charge in [0.1, 0.15) is 0 Å². The molecule has 0 aliphatic rings. The Bertz CT molecular complexity index is 312. The molecule has 0 saturated carbocycles. The van der Waals surface area contributed by atoms with E-state index in [2.05, 4.69) is 24.4 Å². The molecule has 0 spiro atoms. The van der Waals surface area contributed by atoms with Crippen LogP contribution in [0.3, 0.4) is 0 Å². The first-order valence-electron chi connectivity index (χ1n) is 8.27. The number of hydrogen-bond donors (Lipinski definition) is 2. The van der Waals surface area contributed by atoms with E-state index in [-0.39, 0.29) is 12.6 Å². The van der Waals surface area contributed by atoms with Crippen molar-refractivity contribution in [1.29, 1.82) is 0 Å². The molecule has 0 bridgehead atoms. The quantitative estimate of drug-likeness (QED) is 0.553. The van der Waals surface area contributed by atoms with Gasteiger partial charge in [0.15, 0.2) is 0 Å². The van der Waals surface area contributed by atoms with Gasteiger partial charge in [-0.15, -0.1) is 0 Å². The molecule has 1 aromatic carbocycles. The molecule has 0 saturated heterocycles. The topological polar surface area (TPSA) is 32.3 Å². The van der Waals surface area contributed by atoms with Crippen LogP contribution in [0.15, 0.2) is 30.3 Å². The third kappa shape index (κ3) is 7.66. The van der Waals surface area contributed by atoms with Crippen molar-refractivity contribution in [3.8, 4) is 0 Å². The highest BCUT2D eigenvalue weighted by Gasteiger charge is 2.07. The number of rotatable bonds is 12. The molecule has 1 rings (SSSR count). The lowest BCUT2D eigenvalue weighted by Crippen LogP contribution is -2.25. The minimum atomic E-state index is 0.0840. The summed E-state index contributed by atoms with van der Waals surface area (Å²) in [6.45, 7) is 3.42. The SMILES string of the molecule is CCCCCCCCCCN[C@H](CO)c1ccccc1. The fourth-order valence-electron chi connectivity index (χ4n) is 2.51. The lowest BCUT2D eigenvalue weighted by molar-refractivity contribution is 0.244. The molecule has 0 aliphatic heterocycles.